The van der Waals surface area contributed by atoms with Gasteiger partial charge in [0.25, 0.3) is 5.65 Å². The van der Waals surface area contributed by atoms with Crippen LogP contribution in [0.15, 0.2) is 120 Å². The molecular weight excluding hydrogens is 524 g/mol. The van der Waals surface area contributed by atoms with Crippen molar-refractivity contribution in [3.05, 3.63) is 121 Å². The summed E-state index contributed by atoms with van der Waals surface area (Å²) < 4.78 is 11.8. The Hall–Kier alpha value is -5.15. The predicted octanol–water partition coefficient (Wildman–Crippen LogP) is 10.1. The molecule has 0 bridgehead atoms. The van der Waals surface area contributed by atoms with Crippen LogP contribution >= 0.6 is 0 Å². The van der Waals surface area contributed by atoms with Gasteiger partial charge in [-0.2, -0.15) is 4.40 Å². The second-order valence-corrected chi connectivity index (χ2v) is 13.0. The van der Waals surface area contributed by atoms with Crippen LogP contribution in [0.5, 0.6) is 0 Å². The van der Waals surface area contributed by atoms with Gasteiger partial charge >= 0.3 is 0 Å². The molecule has 0 saturated carbocycles. The van der Waals surface area contributed by atoms with Crippen LogP contribution in [0.1, 0.15) is 26.3 Å². The minimum atomic E-state index is -0.422. The lowest BCUT2D eigenvalue weighted by molar-refractivity contribution is -0.713. The quantitative estimate of drug-likeness (QED) is 0.0858. The average molecular weight is 554 g/mol. The molecule has 1 aliphatic rings. The summed E-state index contributed by atoms with van der Waals surface area (Å²) in [4.78, 5) is 0. The zero-order chi connectivity index (χ0) is 28.8. The highest BCUT2D eigenvalue weighted by Gasteiger charge is 2.54. The average Bonchev–Trinajstić information content (AvgIpc) is 3.59. The summed E-state index contributed by atoms with van der Waals surface area (Å²) in [6.45, 7) is 11.6. The normalized spacial score (nSPS) is 18.0. The van der Waals surface area contributed by atoms with E-state index in [0.717, 1.165) is 33.0 Å². The molecule has 6 aromatic carbocycles. The number of allylic oxidation sites excluding steroid dienone is 1. The van der Waals surface area contributed by atoms with E-state index in [1.165, 1.54) is 54.4 Å². The van der Waals surface area contributed by atoms with Gasteiger partial charge in [0.05, 0.1) is 5.39 Å². The number of benzene rings is 6. The highest BCUT2D eigenvalue weighted by molar-refractivity contribution is 6.27. The second kappa shape index (κ2) is 7.43. The number of nitrogens with zero attached hydrogens (tertiary/aromatic N) is 2. The van der Waals surface area contributed by atoms with Gasteiger partial charge in [0.1, 0.15) is 16.6 Å². The van der Waals surface area contributed by atoms with E-state index in [4.69, 9.17) is 4.42 Å². The molecule has 9 aromatic rings. The van der Waals surface area contributed by atoms with Crippen LogP contribution < -0.4 is 4.57 Å². The monoisotopic (exact) mass is 553 g/mol. The Balaban J connectivity index is 1.65. The third-order valence-electron chi connectivity index (χ3n) is 10.8. The molecule has 4 heterocycles. The maximum Gasteiger partial charge on any atom is 0.296 e. The zero-order valence-corrected chi connectivity index (χ0v) is 24.4. The number of imidazole rings is 1. The molecule has 204 valence electrons. The van der Waals surface area contributed by atoms with E-state index in [0.29, 0.717) is 0 Å². The molecular formula is C40H29N2O+. The molecule has 0 radical (unpaired) electrons. The highest BCUT2D eigenvalue weighted by atomic mass is 16.3. The summed E-state index contributed by atoms with van der Waals surface area (Å²) in [6.07, 6.45) is 2.16. The van der Waals surface area contributed by atoms with E-state index >= 15 is 0 Å². The van der Waals surface area contributed by atoms with Gasteiger partial charge in [-0.15, -0.1) is 0 Å². The van der Waals surface area contributed by atoms with Gasteiger partial charge in [0.15, 0.2) is 11.1 Å². The first-order valence-electron chi connectivity index (χ1n) is 15.1. The van der Waals surface area contributed by atoms with Gasteiger partial charge in [-0.25, -0.2) is 4.57 Å². The molecule has 3 aromatic heterocycles. The van der Waals surface area contributed by atoms with Gasteiger partial charge in [-0.3, -0.25) is 0 Å². The number of rotatable bonds is 1. The Morgan fingerprint density at radius 2 is 1.42 bits per heavy atom. The van der Waals surface area contributed by atoms with Crippen molar-refractivity contribution in [2.24, 2.45) is 0 Å². The molecule has 1 atom stereocenters. The summed E-state index contributed by atoms with van der Waals surface area (Å²) in [5.74, 6) is 0. The van der Waals surface area contributed by atoms with Crippen LogP contribution in [-0.2, 0) is 11.0 Å². The summed E-state index contributed by atoms with van der Waals surface area (Å²) in [5, 5.41) is 11.3. The standard InChI is InChI=1S/C40H29N2O/c1-5-40(4)39(2,3)35-26-15-9-7-13-24(26)22-29-33-25-14-8-6-12-23(25)18-20-30(33)41-36-31(42(40)38(41)34(29)35)21-19-28-27-16-10-11-17-32(27)43-37(28)36/h5-22H,1H2,2-4H3/q+1. The van der Waals surface area contributed by atoms with Crippen molar-refractivity contribution in [3.8, 4) is 0 Å². The van der Waals surface area contributed by atoms with Crippen molar-refractivity contribution >= 4 is 81.8 Å². The second-order valence-electron chi connectivity index (χ2n) is 13.0. The minimum absolute atomic E-state index is 0.276. The van der Waals surface area contributed by atoms with Gasteiger partial charge in [0.2, 0.25) is 5.52 Å². The molecule has 0 spiro atoms. The largest absolute Gasteiger partial charge is 0.451 e. The van der Waals surface area contributed by atoms with E-state index in [9.17, 15) is 0 Å². The number of aromatic nitrogens is 2. The molecule has 1 unspecified atom stereocenters. The van der Waals surface area contributed by atoms with Crippen molar-refractivity contribution < 1.29 is 8.98 Å². The van der Waals surface area contributed by atoms with Crippen LogP contribution in [0.25, 0.3) is 81.8 Å². The molecule has 0 aliphatic carbocycles. The molecule has 0 saturated heterocycles. The summed E-state index contributed by atoms with van der Waals surface area (Å²) in [6, 6.07) is 37.6. The molecule has 3 nitrogen and oxygen atoms in total. The first kappa shape index (κ1) is 23.4. The van der Waals surface area contributed by atoms with Crippen molar-refractivity contribution in [1.82, 2.24) is 4.40 Å². The SMILES string of the molecule is C=CC1(C)[n+]2c3ccc4c5ccccc5oc4c3n3c4ccc5ccccc5c4c4cc5ccccc5c(c4c32)C1(C)C. The topological polar surface area (TPSA) is 21.4 Å². The van der Waals surface area contributed by atoms with E-state index in [2.05, 4.69) is 146 Å². The van der Waals surface area contributed by atoms with Crippen molar-refractivity contribution in [1.29, 1.82) is 0 Å². The van der Waals surface area contributed by atoms with Crippen molar-refractivity contribution in [3.63, 3.8) is 0 Å². The first-order valence-corrected chi connectivity index (χ1v) is 15.1. The molecule has 43 heavy (non-hydrogen) atoms. The van der Waals surface area contributed by atoms with E-state index in [1.807, 2.05) is 0 Å². The summed E-state index contributed by atoms with van der Waals surface area (Å²) >= 11 is 0. The van der Waals surface area contributed by atoms with E-state index in [-0.39, 0.29) is 5.41 Å². The van der Waals surface area contributed by atoms with E-state index < -0.39 is 5.54 Å². The Kier molecular flexibility index (Phi) is 4.05. The number of hydrogen-bond donors (Lipinski definition) is 0. The Labute approximate surface area is 247 Å². The van der Waals surface area contributed by atoms with Gasteiger partial charge in [-0.05, 0) is 70.4 Å². The number of pyridine rings is 1. The third kappa shape index (κ3) is 2.50. The van der Waals surface area contributed by atoms with Gasteiger partial charge < -0.3 is 4.42 Å². The number of hydrogen-bond acceptors (Lipinski definition) is 1. The van der Waals surface area contributed by atoms with Crippen LogP contribution in [0.3, 0.4) is 0 Å². The summed E-state index contributed by atoms with van der Waals surface area (Å²) in [7, 11) is 0. The lowest BCUT2D eigenvalue weighted by Gasteiger charge is -2.44. The number of furan rings is 1. The van der Waals surface area contributed by atoms with Crippen molar-refractivity contribution in [2.75, 3.05) is 0 Å². The smallest absolute Gasteiger partial charge is 0.296 e. The highest BCUT2D eigenvalue weighted by Crippen LogP contribution is 2.52. The molecule has 0 N–H and O–H groups in total. The summed E-state index contributed by atoms with van der Waals surface area (Å²) in [5.41, 5.74) is 7.17. The number of para-hydroxylation sites is 1. The maximum atomic E-state index is 6.76. The lowest BCUT2D eigenvalue weighted by atomic mass is 9.64. The lowest BCUT2D eigenvalue weighted by Crippen LogP contribution is -2.64. The van der Waals surface area contributed by atoms with Gasteiger partial charge in [-0.1, -0.05) is 93.2 Å². The molecule has 0 amide bonds. The third-order valence-corrected chi connectivity index (χ3v) is 10.8. The fourth-order valence-corrected chi connectivity index (χ4v) is 8.44. The molecule has 3 heteroatoms. The molecule has 0 fully saturated rings. The predicted molar refractivity (Wildman–Crippen MR) is 179 cm³/mol. The van der Waals surface area contributed by atoms with E-state index in [1.54, 1.807) is 0 Å². The fraction of sp³-hybridized carbons (Fsp3) is 0.125. The first-order chi connectivity index (χ1) is 20.9. The van der Waals surface area contributed by atoms with Gasteiger partial charge in [0, 0.05) is 27.0 Å². The minimum Gasteiger partial charge on any atom is -0.451 e. The molecule has 10 rings (SSSR count). The van der Waals surface area contributed by atoms with Crippen LogP contribution in [0.4, 0.5) is 0 Å². The number of fused-ring (bicyclic) bond motifs is 14. The maximum absolute atomic E-state index is 6.76. The zero-order valence-electron chi connectivity index (χ0n) is 24.4. The van der Waals surface area contributed by atoms with Crippen LogP contribution in [-0.4, -0.2) is 4.40 Å². The van der Waals surface area contributed by atoms with Crippen LogP contribution in [0, 0.1) is 0 Å². The Morgan fingerprint density at radius 1 is 0.698 bits per heavy atom. The fourth-order valence-electron chi connectivity index (χ4n) is 8.44. The van der Waals surface area contributed by atoms with Crippen molar-refractivity contribution in [2.45, 2.75) is 31.7 Å². The van der Waals surface area contributed by atoms with Crippen LogP contribution in [0.2, 0.25) is 0 Å². The Bertz CT molecular complexity index is 2740. The Morgan fingerprint density at radius 3 is 2.23 bits per heavy atom. The molecule has 1 aliphatic heterocycles.